The minimum Gasteiger partial charge on any atom is -0.380 e. The van der Waals surface area contributed by atoms with E-state index < -0.39 is 16.1 Å². The summed E-state index contributed by atoms with van der Waals surface area (Å²) in [6, 6.07) is 1.33. The smallest absolute Gasteiger partial charge is 0.339 e. The lowest BCUT2D eigenvalue weighted by atomic mass is 10.3. The number of nitrogens with zero attached hydrogens (tertiary/aromatic N) is 1. The van der Waals surface area contributed by atoms with Crippen molar-refractivity contribution >= 4 is 10.1 Å². The van der Waals surface area contributed by atoms with Crippen molar-refractivity contribution in [2.45, 2.75) is 13.8 Å². The van der Waals surface area contributed by atoms with Gasteiger partial charge in [0.2, 0.25) is 6.01 Å². The maximum Gasteiger partial charge on any atom is 0.339 e. The molecule has 0 aliphatic heterocycles. The van der Waals surface area contributed by atoms with Gasteiger partial charge in [0.15, 0.2) is 0 Å². The number of pyridine rings is 1. The van der Waals surface area contributed by atoms with Crippen LogP contribution in [0.2, 0.25) is 0 Å². The summed E-state index contributed by atoms with van der Waals surface area (Å²) in [7, 11) is -4.10. The molecule has 0 spiro atoms. The van der Waals surface area contributed by atoms with Crippen LogP contribution in [-0.4, -0.2) is 19.4 Å². The first-order valence-electron chi connectivity index (χ1n) is 3.86. The zero-order chi connectivity index (χ0) is 10.8. The molecule has 0 fully saturated rings. The lowest BCUT2D eigenvalue weighted by Crippen LogP contribution is -2.11. The molecule has 6 heteroatoms. The standard InChI is InChI=1S/C8H10FNO3S/c1-6-3-8(4-7(2)10-6)13-14(11,12)5-9/h3-4H,5H2,1-2H3. The first kappa shape index (κ1) is 10.9. The third kappa shape index (κ3) is 2.95. The van der Waals surface area contributed by atoms with Crippen LogP contribution in [-0.2, 0) is 10.1 Å². The Labute approximate surface area is 81.9 Å². The van der Waals surface area contributed by atoms with E-state index in [1.807, 2.05) is 0 Å². The van der Waals surface area contributed by atoms with Gasteiger partial charge < -0.3 is 4.18 Å². The van der Waals surface area contributed by atoms with E-state index in [4.69, 9.17) is 0 Å². The van der Waals surface area contributed by atoms with Crippen molar-refractivity contribution < 1.29 is 17.0 Å². The van der Waals surface area contributed by atoms with Crippen LogP contribution < -0.4 is 4.18 Å². The van der Waals surface area contributed by atoms with Crippen molar-refractivity contribution in [2.75, 3.05) is 6.01 Å². The van der Waals surface area contributed by atoms with Crippen molar-refractivity contribution in [3.8, 4) is 5.75 Å². The van der Waals surface area contributed by atoms with E-state index in [0.717, 1.165) is 0 Å². The molecule has 1 rings (SSSR count). The third-order valence-electron chi connectivity index (χ3n) is 1.41. The second-order valence-corrected chi connectivity index (χ2v) is 4.34. The van der Waals surface area contributed by atoms with Gasteiger partial charge in [0.25, 0.3) is 0 Å². The molecule has 1 aromatic rings. The average Bonchev–Trinajstić information content (AvgIpc) is 2.01. The fraction of sp³-hybridized carbons (Fsp3) is 0.375. The van der Waals surface area contributed by atoms with Crippen LogP contribution in [0.25, 0.3) is 0 Å². The van der Waals surface area contributed by atoms with E-state index in [-0.39, 0.29) is 5.75 Å². The highest BCUT2D eigenvalue weighted by atomic mass is 32.2. The predicted octanol–water partition coefficient (Wildman–Crippen LogP) is 1.33. The summed E-state index contributed by atoms with van der Waals surface area (Å²) in [5, 5.41) is 0. The van der Waals surface area contributed by atoms with E-state index in [1.54, 1.807) is 13.8 Å². The highest BCUT2D eigenvalue weighted by Gasteiger charge is 2.12. The van der Waals surface area contributed by atoms with Gasteiger partial charge in [-0.25, -0.2) is 4.39 Å². The molecular formula is C8H10FNO3S. The molecule has 0 unspecified atom stereocenters. The Morgan fingerprint density at radius 1 is 1.36 bits per heavy atom. The Hall–Kier alpha value is -1.17. The molecule has 0 N–H and O–H groups in total. The second-order valence-electron chi connectivity index (χ2n) is 2.84. The minimum atomic E-state index is -4.10. The van der Waals surface area contributed by atoms with Crippen molar-refractivity contribution in [3.05, 3.63) is 23.5 Å². The monoisotopic (exact) mass is 219 g/mol. The van der Waals surface area contributed by atoms with Crippen molar-refractivity contribution in [2.24, 2.45) is 0 Å². The molecule has 1 aromatic heterocycles. The van der Waals surface area contributed by atoms with Gasteiger partial charge >= 0.3 is 10.1 Å². The second kappa shape index (κ2) is 3.91. The quantitative estimate of drug-likeness (QED) is 0.720. The normalized spacial score (nSPS) is 11.4. The fourth-order valence-electron chi connectivity index (χ4n) is 1.01. The number of aryl methyl sites for hydroxylation is 2. The number of hydrogen-bond acceptors (Lipinski definition) is 4. The molecule has 4 nitrogen and oxygen atoms in total. The van der Waals surface area contributed by atoms with Crippen LogP contribution in [0.4, 0.5) is 4.39 Å². The highest BCUT2D eigenvalue weighted by molar-refractivity contribution is 7.86. The molecule has 0 atom stereocenters. The topological polar surface area (TPSA) is 56.3 Å². The first-order chi connectivity index (χ1) is 6.43. The van der Waals surface area contributed by atoms with Gasteiger partial charge in [0, 0.05) is 23.5 Å². The molecule has 0 amide bonds. The molecule has 0 saturated carbocycles. The summed E-state index contributed by atoms with van der Waals surface area (Å²) in [5.41, 5.74) is 1.24. The molecule has 0 saturated heterocycles. The Bertz CT molecular complexity index is 410. The molecule has 14 heavy (non-hydrogen) atoms. The van der Waals surface area contributed by atoms with Gasteiger partial charge in [0.1, 0.15) is 5.75 Å². The van der Waals surface area contributed by atoms with E-state index in [9.17, 15) is 12.8 Å². The van der Waals surface area contributed by atoms with Crippen molar-refractivity contribution in [1.29, 1.82) is 0 Å². The minimum absolute atomic E-state index is 0.0904. The molecule has 0 radical (unpaired) electrons. The van der Waals surface area contributed by atoms with E-state index in [1.165, 1.54) is 12.1 Å². The maximum atomic E-state index is 11.9. The first-order valence-corrected chi connectivity index (χ1v) is 5.44. The average molecular weight is 219 g/mol. The predicted molar refractivity (Wildman–Crippen MR) is 49.2 cm³/mol. The third-order valence-corrected chi connectivity index (χ3v) is 2.13. The van der Waals surface area contributed by atoms with Gasteiger partial charge in [-0.2, -0.15) is 8.42 Å². The van der Waals surface area contributed by atoms with Gasteiger partial charge in [-0.1, -0.05) is 0 Å². The Kier molecular flexibility index (Phi) is 3.05. The molecule has 78 valence electrons. The number of halogens is 1. The SMILES string of the molecule is Cc1cc(OS(=O)(=O)CF)cc(C)n1. The van der Waals surface area contributed by atoms with Crippen LogP contribution in [0.5, 0.6) is 5.75 Å². The fourth-order valence-corrected chi connectivity index (χ4v) is 1.45. The largest absolute Gasteiger partial charge is 0.380 e. The summed E-state index contributed by atoms with van der Waals surface area (Å²) in [4.78, 5) is 4.02. The Morgan fingerprint density at radius 3 is 2.29 bits per heavy atom. The molecule has 0 bridgehead atoms. The van der Waals surface area contributed by atoms with Crippen LogP contribution in [0.1, 0.15) is 11.4 Å². The lowest BCUT2D eigenvalue weighted by Gasteiger charge is -2.05. The molecular weight excluding hydrogens is 209 g/mol. The van der Waals surface area contributed by atoms with Crippen LogP contribution >= 0.6 is 0 Å². The van der Waals surface area contributed by atoms with Crippen LogP contribution in [0.15, 0.2) is 12.1 Å². The molecule has 0 aliphatic rings. The van der Waals surface area contributed by atoms with Crippen molar-refractivity contribution in [3.63, 3.8) is 0 Å². The summed E-state index contributed by atoms with van der Waals surface area (Å²) in [6.45, 7) is 3.39. The van der Waals surface area contributed by atoms with Crippen LogP contribution in [0.3, 0.4) is 0 Å². The Morgan fingerprint density at radius 2 is 1.86 bits per heavy atom. The van der Waals surface area contributed by atoms with Gasteiger partial charge in [-0.05, 0) is 13.8 Å². The van der Waals surface area contributed by atoms with Crippen molar-refractivity contribution in [1.82, 2.24) is 4.98 Å². The molecule has 0 aromatic carbocycles. The van der Waals surface area contributed by atoms with Gasteiger partial charge in [0.05, 0.1) is 0 Å². The highest BCUT2D eigenvalue weighted by Crippen LogP contribution is 2.15. The summed E-state index contributed by atoms with van der Waals surface area (Å²) < 4.78 is 37.9. The lowest BCUT2D eigenvalue weighted by molar-refractivity contribution is 0.450. The van der Waals surface area contributed by atoms with E-state index in [0.29, 0.717) is 11.4 Å². The number of aromatic nitrogens is 1. The summed E-state index contributed by atoms with van der Waals surface area (Å²) >= 11 is 0. The molecule has 1 heterocycles. The van der Waals surface area contributed by atoms with Gasteiger partial charge in [-0.3, -0.25) is 4.98 Å². The van der Waals surface area contributed by atoms with E-state index >= 15 is 0 Å². The van der Waals surface area contributed by atoms with Gasteiger partial charge in [-0.15, -0.1) is 0 Å². The zero-order valence-corrected chi connectivity index (χ0v) is 8.64. The van der Waals surface area contributed by atoms with Crippen LogP contribution in [0, 0.1) is 13.8 Å². The number of rotatable bonds is 3. The summed E-state index contributed by atoms with van der Waals surface area (Å²) in [6.07, 6.45) is 0. The van der Waals surface area contributed by atoms with E-state index in [2.05, 4.69) is 9.17 Å². The number of alkyl halides is 1. The Balaban J connectivity index is 2.98. The number of hydrogen-bond donors (Lipinski definition) is 0. The maximum absolute atomic E-state index is 11.9. The summed E-state index contributed by atoms with van der Waals surface area (Å²) in [5.74, 6) is 0.0904. The zero-order valence-electron chi connectivity index (χ0n) is 7.82. The molecule has 0 aliphatic carbocycles.